The lowest BCUT2D eigenvalue weighted by atomic mass is 10.1. The largest absolute Gasteiger partial charge is 0.301 e. The summed E-state index contributed by atoms with van der Waals surface area (Å²) in [7, 11) is 0. The van der Waals surface area contributed by atoms with Crippen molar-refractivity contribution in [1.29, 1.82) is 0 Å². The van der Waals surface area contributed by atoms with Gasteiger partial charge in [-0.25, -0.2) is 15.0 Å². The van der Waals surface area contributed by atoms with E-state index in [1.165, 1.54) is 0 Å². The van der Waals surface area contributed by atoms with Gasteiger partial charge < -0.3 is 5.32 Å². The molecule has 2 aliphatic heterocycles. The number of hydrazine groups is 1. The van der Waals surface area contributed by atoms with E-state index in [9.17, 15) is 0 Å². The zero-order valence-corrected chi connectivity index (χ0v) is 12.2. The molecule has 4 rings (SSSR count). The molecule has 1 aromatic heterocycles. The molecule has 0 unspecified atom stereocenters. The van der Waals surface area contributed by atoms with Crippen LogP contribution in [0, 0.1) is 0 Å². The van der Waals surface area contributed by atoms with Crippen molar-refractivity contribution in [3.63, 3.8) is 0 Å². The van der Waals surface area contributed by atoms with Gasteiger partial charge in [0.25, 0.3) is 0 Å². The number of nitrogens with zero attached hydrogens (tertiary/aromatic N) is 5. The molecule has 0 atom stereocenters. The molecule has 1 N–H and O–H groups in total. The second kappa shape index (κ2) is 4.68. The Morgan fingerprint density at radius 2 is 2.14 bits per heavy atom. The van der Waals surface area contributed by atoms with Crippen molar-refractivity contribution in [3.8, 4) is 5.69 Å². The van der Waals surface area contributed by atoms with Gasteiger partial charge in [-0.15, -0.1) is 0 Å². The number of amidine groups is 1. The SMILES string of the molecule is CC(C)NCN1CN=C2c3ccccc3-n3cncc3N21. The molecular weight excluding hydrogens is 264 g/mol. The van der Waals surface area contributed by atoms with Crippen LogP contribution in [0.15, 0.2) is 41.8 Å². The first kappa shape index (κ1) is 12.6. The Balaban J connectivity index is 1.76. The third-order valence-corrected chi connectivity index (χ3v) is 3.79. The summed E-state index contributed by atoms with van der Waals surface area (Å²) in [5.74, 6) is 2.04. The number of fused-ring (bicyclic) bond motifs is 6. The highest BCUT2D eigenvalue weighted by Gasteiger charge is 2.35. The molecule has 0 radical (unpaired) electrons. The van der Waals surface area contributed by atoms with Gasteiger partial charge in [0.2, 0.25) is 0 Å². The zero-order valence-electron chi connectivity index (χ0n) is 12.2. The minimum Gasteiger partial charge on any atom is -0.301 e. The summed E-state index contributed by atoms with van der Waals surface area (Å²) in [6.45, 7) is 5.72. The molecule has 21 heavy (non-hydrogen) atoms. The summed E-state index contributed by atoms with van der Waals surface area (Å²) in [6, 6.07) is 8.76. The van der Waals surface area contributed by atoms with Gasteiger partial charge in [0, 0.05) is 11.6 Å². The molecule has 0 aliphatic carbocycles. The first-order chi connectivity index (χ1) is 10.3. The number of aliphatic imine (C=N–C) groups is 1. The number of nitrogens with one attached hydrogen (secondary N) is 1. The number of rotatable bonds is 3. The number of imidazole rings is 1. The van der Waals surface area contributed by atoms with Gasteiger partial charge >= 0.3 is 0 Å². The number of anilines is 1. The summed E-state index contributed by atoms with van der Waals surface area (Å²) in [5.41, 5.74) is 2.29. The van der Waals surface area contributed by atoms with Gasteiger partial charge in [0.05, 0.1) is 18.6 Å². The third kappa shape index (κ3) is 1.87. The summed E-state index contributed by atoms with van der Waals surface area (Å²) in [6.07, 6.45) is 3.75. The van der Waals surface area contributed by atoms with Crippen LogP contribution in [-0.4, -0.2) is 39.8 Å². The van der Waals surface area contributed by atoms with E-state index in [1.807, 2.05) is 18.6 Å². The molecule has 1 aromatic carbocycles. The number of hydrogen-bond acceptors (Lipinski definition) is 5. The molecule has 0 amide bonds. The van der Waals surface area contributed by atoms with E-state index in [0.717, 1.165) is 29.6 Å². The normalized spacial score (nSPS) is 16.7. The number of benzene rings is 1. The van der Waals surface area contributed by atoms with E-state index >= 15 is 0 Å². The Hall–Kier alpha value is -2.18. The monoisotopic (exact) mass is 282 g/mol. The standard InChI is InChI=1S/C15H18N6/c1-11(2)17-9-19-10-18-15-12-5-3-4-6-13(12)20-8-16-7-14(20)21(15)19/h3-8,11,17H,9-10H2,1-2H3. The number of aromatic nitrogens is 2. The smallest absolute Gasteiger partial charge is 0.155 e. The fraction of sp³-hybridized carbons (Fsp3) is 0.333. The number of hydrogen-bond donors (Lipinski definition) is 1. The third-order valence-electron chi connectivity index (χ3n) is 3.79. The van der Waals surface area contributed by atoms with Crippen molar-refractivity contribution in [2.24, 2.45) is 4.99 Å². The van der Waals surface area contributed by atoms with Gasteiger partial charge in [-0.1, -0.05) is 12.1 Å². The average Bonchev–Trinajstić information content (AvgIpc) is 3.12. The molecule has 108 valence electrons. The highest BCUT2D eigenvalue weighted by molar-refractivity contribution is 6.14. The topological polar surface area (TPSA) is 48.7 Å². The van der Waals surface area contributed by atoms with Crippen molar-refractivity contribution < 1.29 is 0 Å². The van der Waals surface area contributed by atoms with Crippen LogP contribution < -0.4 is 10.3 Å². The summed E-state index contributed by atoms with van der Waals surface area (Å²) in [4.78, 5) is 9.04. The number of para-hydroxylation sites is 1. The van der Waals surface area contributed by atoms with E-state index in [1.54, 1.807) is 0 Å². The van der Waals surface area contributed by atoms with E-state index in [2.05, 4.69) is 56.9 Å². The average molecular weight is 282 g/mol. The second-order valence-corrected chi connectivity index (χ2v) is 5.60. The van der Waals surface area contributed by atoms with E-state index in [0.29, 0.717) is 12.7 Å². The summed E-state index contributed by atoms with van der Waals surface area (Å²) < 4.78 is 2.11. The first-order valence-corrected chi connectivity index (χ1v) is 7.20. The molecule has 2 aromatic rings. The molecule has 6 heteroatoms. The van der Waals surface area contributed by atoms with Crippen LogP contribution in [0.2, 0.25) is 0 Å². The highest BCUT2D eigenvalue weighted by Crippen LogP contribution is 2.33. The van der Waals surface area contributed by atoms with Crippen LogP contribution in [0.3, 0.4) is 0 Å². The van der Waals surface area contributed by atoms with Gasteiger partial charge in [0.15, 0.2) is 11.7 Å². The molecule has 0 saturated heterocycles. The first-order valence-electron chi connectivity index (χ1n) is 7.20. The van der Waals surface area contributed by atoms with Crippen LogP contribution >= 0.6 is 0 Å². The van der Waals surface area contributed by atoms with Gasteiger partial charge in [0.1, 0.15) is 13.0 Å². The quantitative estimate of drug-likeness (QED) is 0.928. The maximum atomic E-state index is 4.72. The molecule has 0 spiro atoms. The van der Waals surface area contributed by atoms with E-state index < -0.39 is 0 Å². The molecular formula is C15H18N6. The van der Waals surface area contributed by atoms with Crippen molar-refractivity contribution in [3.05, 3.63) is 42.4 Å². The van der Waals surface area contributed by atoms with E-state index in [-0.39, 0.29) is 0 Å². The molecule has 0 bridgehead atoms. The Morgan fingerprint density at radius 1 is 1.29 bits per heavy atom. The van der Waals surface area contributed by atoms with Crippen LogP contribution in [0.25, 0.3) is 5.69 Å². The van der Waals surface area contributed by atoms with Gasteiger partial charge in [-0.05, 0) is 26.0 Å². The fourth-order valence-electron chi connectivity index (χ4n) is 2.78. The predicted molar refractivity (Wildman–Crippen MR) is 82.4 cm³/mol. The lowest BCUT2D eigenvalue weighted by Gasteiger charge is -2.34. The van der Waals surface area contributed by atoms with Crippen LogP contribution in [0.1, 0.15) is 19.4 Å². The molecule has 3 heterocycles. The summed E-state index contributed by atoms with van der Waals surface area (Å²) >= 11 is 0. The molecule has 6 nitrogen and oxygen atoms in total. The Labute approximate surface area is 123 Å². The predicted octanol–water partition coefficient (Wildman–Crippen LogP) is 1.58. The second-order valence-electron chi connectivity index (χ2n) is 5.60. The lowest BCUT2D eigenvalue weighted by Crippen LogP contribution is -2.49. The summed E-state index contributed by atoms with van der Waals surface area (Å²) in [5, 5.41) is 7.80. The Kier molecular flexibility index (Phi) is 2.80. The minimum atomic E-state index is 0.441. The van der Waals surface area contributed by atoms with Crippen molar-refractivity contribution >= 4 is 11.7 Å². The van der Waals surface area contributed by atoms with E-state index in [4.69, 9.17) is 4.99 Å². The lowest BCUT2D eigenvalue weighted by molar-refractivity contribution is 0.275. The van der Waals surface area contributed by atoms with Crippen LogP contribution in [0.5, 0.6) is 0 Å². The Bertz CT molecular complexity index is 702. The van der Waals surface area contributed by atoms with Crippen LogP contribution in [0.4, 0.5) is 5.82 Å². The molecule has 2 aliphatic rings. The van der Waals surface area contributed by atoms with Crippen molar-refractivity contribution in [2.75, 3.05) is 18.3 Å². The van der Waals surface area contributed by atoms with Gasteiger partial charge in [-0.2, -0.15) is 5.01 Å². The zero-order chi connectivity index (χ0) is 14.4. The van der Waals surface area contributed by atoms with Crippen molar-refractivity contribution in [2.45, 2.75) is 19.9 Å². The fourth-order valence-corrected chi connectivity index (χ4v) is 2.78. The van der Waals surface area contributed by atoms with Gasteiger partial charge in [-0.3, -0.25) is 4.57 Å². The minimum absolute atomic E-state index is 0.441. The highest BCUT2D eigenvalue weighted by atomic mass is 15.7. The van der Waals surface area contributed by atoms with Crippen molar-refractivity contribution in [1.82, 2.24) is 19.9 Å². The molecule has 0 fully saturated rings. The molecule has 0 saturated carbocycles. The maximum Gasteiger partial charge on any atom is 0.155 e. The Morgan fingerprint density at radius 3 is 3.00 bits per heavy atom. The maximum absolute atomic E-state index is 4.72. The van der Waals surface area contributed by atoms with Crippen LogP contribution in [-0.2, 0) is 0 Å².